The fourth-order valence-electron chi connectivity index (χ4n) is 1.00. The fraction of sp³-hybridized carbons (Fsp3) is 0.222. The molecule has 14 heavy (non-hydrogen) atoms. The van der Waals surface area contributed by atoms with Crippen molar-refractivity contribution >= 4 is 5.97 Å². The van der Waals surface area contributed by atoms with Gasteiger partial charge >= 0.3 is 5.97 Å². The van der Waals surface area contributed by atoms with Crippen LogP contribution in [-0.2, 0) is 4.74 Å². The molecule has 0 N–H and O–H groups in total. The van der Waals surface area contributed by atoms with Crippen molar-refractivity contribution in [2.24, 2.45) is 0 Å². The van der Waals surface area contributed by atoms with Crippen LogP contribution in [-0.4, -0.2) is 20.2 Å². The van der Waals surface area contributed by atoms with E-state index in [2.05, 4.69) is 9.47 Å². The zero-order chi connectivity index (χ0) is 10.7. The normalized spacial score (nSPS) is 9.71. The van der Waals surface area contributed by atoms with E-state index >= 15 is 0 Å². The summed E-state index contributed by atoms with van der Waals surface area (Å²) >= 11 is 0. The van der Waals surface area contributed by atoms with Crippen molar-refractivity contribution in [3.8, 4) is 5.75 Å². The molecule has 0 aliphatic carbocycles. The molecule has 0 atom stereocenters. The molecular weight excluding hydrogens is 194 g/mol. The van der Waals surface area contributed by atoms with Crippen LogP contribution in [0.15, 0.2) is 12.1 Å². The first-order valence-corrected chi connectivity index (χ1v) is 3.72. The molecule has 0 aliphatic heterocycles. The predicted octanol–water partition coefficient (Wildman–Crippen LogP) is 1.76. The molecule has 1 rings (SSSR count). The van der Waals surface area contributed by atoms with Crippen molar-refractivity contribution in [3.63, 3.8) is 0 Å². The van der Waals surface area contributed by atoms with E-state index in [1.54, 1.807) is 0 Å². The summed E-state index contributed by atoms with van der Waals surface area (Å²) in [7, 11) is 2.29. The molecule has 0 aliphatic rings. The molecule has 3 nitrogen and oxygen atoms in total. The second-order valence-corrected chi connectivity index (χ2v) is 2.43. The number of carbonyl (C=O) groups is 1. The molecule has 76 valence electrons. The van der Waals surface area contributed by atoms with E-state index < -0.39 is 23.4 Å². The summed E-state index contributed by atoms with van der Waals surface area (Å²) in [5.74, 6) is -3.50. The Hall–Kier alpha value is -1.65. The van der Waals surface area contributed by atoms with Gasteiger partial charge in [-0.3, -0.25) is 0 Å². The Kier molecular flexibility index (Phi) is 3.01. The number of ether oxygens (including phenoxy) is 2. The van der Waals surface area contributed by atoms with Crippen LogP contribution in [0.3, 0.4) is 0 Å². The van der Waals surface area contributed by atoms with E-state index in [-0.39, 0.29) is 5.56 Å². The van der Waals surface area contributed by atoms with E-state index in [1.165, 1.54) is 0 Å². The topological polar surface area (TPSA) is 35.5 Å². The van der Waals surface area contributed by atoms with Crippen LogP contribution in [0.1, 0.15) is 10.4 Å². The molecular formula is C9H8F2O3. The van der Waals surface area contributed by atoms with E-state index in [1.807, 2.05) is 0 Å². The zero-order valence-corrected chi connectivity index (χ0v) is 7.64. The molecule has 0 unspecified atom stereocenters. The van der Waals surface area contributed by atoms with Gasteiger partial charge in [-0.05, 0) is 12.1 Å². The average Bonchev–Trinajstić information content (AvgIpc) is 2.20. The fourth-order valence-corrected chi connectivity index (χ4v) is 1.00. The summed E-state index contributed by atoms with van der Waals surface area (Å²) in [5.41, 5.74) is -0.145. The van der Waals surface area contributed by atoms with Crippen LogP contribution < -0.4 is 4.74 Å². The highest BCUT2D eigenvalue weighted by atomic mass is 19.2. The first-order chi connectivity index (χ1) is 6.61. The molecule has 0 radical (unpaired) electrons. The second kappa shape index (κ2) is 4.04. The number of benzene rings is 1. The maximum Gasteiger partial charge on any atom is 0.341 e. The van der Waals surface area contributed by atoms with Gasteiger partial charge in [0.15, 0.2) is 11.6 Å². The highest BCUT2D eigenvalue weighted by Crippen LogP contribution is 2.25. The molecule has 0 spiro atoms. The molecule has 0 bridgehead atoms. The van der Waals surface area contributed by atoms with Gasteiger partial charge in [-0.25, -0.2) is 9.18 Å². The van der Waals surface area contributed by atoms with Crippen molar-refractivity contribution < 1.29 is 23.0 Å². The van der Waals surface area contributed by atoms with Crippen molar-refractivity contribution in [1.29, 1.82) is 0 Å². The standard InChI is InChI=1S/C9H8F2O3/c1-13-8-5(9(12)14-2)3-4-6(10)7(8)11/h3-4H,1-2H3. The molecule has 5 heteroatoms. The number of hydrogen-bond acceptors (Lipinski definition) is 3. The zero-order valence-electron chi connectivity index (χ0n) is 7.64. The lowest BCUT2D eigenvalue weighted by atomic mass is 10.2. The van der Waals surface area contributed by atoms with Crippen molar-refractivity contribution in [2.75, 3.05) is 14.2 Å². The first kappa shape index (κ1) is 10.4. The van der Waals surface area contributed by atoms with Gasteiger partial charge in [-0.15, -0.1) is 0 Å². The molecule has 0 fully saturated rings. The minimum atomic E-state index is -1.20. The van der Waals surface area contributed by atoms with E-state index in [0.29, 0.717) is 0 Å². The lowest BCUT2D eigenvalue weighted by molar-refractivity contribution is 0.0596. The van der Waals surface area contributed by atoms with Crippen LogP contribution in [0.5, 0.6) is 5.75 Å². The van der Waals surface area contributed by atoms with E-state index in [9.17, 15) is 13.6 Å². The number of rotatable bonds is 2. The third kappa shape index (κ3) is 1.66. The van der Waals surface area contributed by atoms with Crippen molar-refractivity contribution in [1.82, 2.24) is 0 Å². The van der Waals surface area contributed by atoms with Gasteiger partial charge < -0.3 is 9.47 Å². The molecule has 1 aromatic carbocycles. The van der Waals surface area contributed by atoms with Crippen molar-refractivity contribution in [2.45, 2.75) is 0 Å². The Morgan fingerprint density at radius 1 is 1.29 bits per heavy atom. The maximum atomic E-state index is 13.1. The van der Waals surface area contributed by atoms with Gasteiger partial charge in [0.1, 0.15) is 5.56 Å². The van der Waals surface area contributed by atoms with Crippen molar-refractivity contribution in [3.05, 3.63) is 29.3 Å². The summed E-state index contributed by atoms with van der Waals surface area (Å²) in [6.07, 6.45) is 0. The quantitative estimate of drug-likeness (QED) is 0.685. The third-order valence-corrected chi connectivity index (χ3v) is 1.66. The summed E-state index contributed by atoms with van der Waals surface area (Å²) < 4.78 is 34.7. The predicted molar refractivity (Wildman–Crippen MR) is 44.2 cm³/mol. The van der Waals surface area contributed by atoms with Gasteiger partial charge in [0, 0.05) is 0 Å². The molecule has 0 saturated carbocycles. The Balaban J connectivity index is 3.31. The highest BCUT2D eigenvalue weighted by molar-refractivity contribution is 5.92. The molecule has 0 heterocycles. The summed E-state index contributed by atoms with van der Waals surface area (Å²) in [6, 6.07) is 1.94. The van der Waals surface area contributed by atoms with Crippen LogP contribution in [0.25, 0.3) is 0 Å². The summed E-state index contributed by atoms with van der Waals surface area (Å²) in [4.78, 5) is 11.1. The van der Waals surface area contributed by atoms with Crippen LogP contribution in [0.2, 0.25) is 0 Å². The average molecular weight is 202 g/mol. The minimum Gasteiger partial charge on any atom is -0.493 e. The Morgan fingerprint density at radius 2 is 1.93 bits per heavy atom. The van der Waals surface area contributed by atoms with Gasteiger partial charge in [0.2, 0.25) is 5.82 Å². The molecule has 0 aromatic heterocycles. The van der Waals surface area contributed by atoms with Gasteiger partial charge in [0.25, 0.3) is 0 Å². The van der Waals surface area contributed by atoms with Gasteiger partial charge in [0.05, 0.1) is 14.2 Å². The summed E-state index contributed by atoms with van der Waals surface area (Å²) in [6.45, 7) is 0. The largest absolute Gasteiger partial charge is 0.493 e. The van der Waals surface area contributed by atoms with Crippen LogP contribution in [0, 0.1) is 11.6 Å². The smallest absolute Gasteiger partial charge is 0.341 e. The minimum absolute atomic E-state index is 0.145. The number of carbonyl (C=O) groups excluding carboxylic acids is 1. The molecule has 0 saturated heterocycles. The number of halogens is 2. The number of esters is 1. The van der Waals surface area contributed by atoms with Crippen LogP contribution >= 0.6 is 0 Å². The SMILES string of the molecule is COC(=O)c1ccc(F)c(F)c1OC. The second-order valence-electron chi connectivity index (χ2n) is 2.43. The Bertz CT molecular complexity index is 363. The highest BCUT2D eigenvalue weighted by Gasteiger charge is 2.19. The third-order valence-electron chi connectivity index (χ3n) is 1.66. The number of methoxy groups -OCH3 is 2. The van der Waals surface area contributed by atoms with Gasteiger partial charge in [-0.2, -0.15) is 4.39 Å². The Labute approximate surface area is 79.2 Å². The molecule has 0 amide bonds. The first-order valence-electron chi connectivity index (χ1n) is 3.72. The number of hydrogen-bond donors (Lipinski definition) is 0. The Morgan fingerprint density at radius 3 is 2.43 bits per heavy atom. The van der Waals surface area contributed by atoms with Gasteiger partial charge in [-0.1, -0.05) is 0 Å². The monoisotopic (exact) mass is 202 g/mol. The lowest BCUT2D eigenvalue weighted by Crippen LogP contribution is -2.06. The molecule has 1 aromatic rings. The van der Waals surface area contributed by atoms with E-state index in [4.69, 9.17) is 0 Å². The van der Waals surface area contributed by atoms with E-state index in [0.717, 1.165) is 26.4 Å². The lowest BCUT2D eigenvalue weighted by Gasteiger charge is -2.07. The van der Waals surface area contributed by atoms with Crippen LogP contribution in [0.4, 0.5) is 8.78 Å². The maximum absolute atomic E-state index is 13.1. The summed E-state index contributed by atoms with van der Waals surface area (Å²) in [5, 5.41) is 0.